The Kier molecular flexibility index (Phi) is 4.74. The van der Waals surface area contributed by atoms with Gasteiger partial charge in [0.05, 0.1) is 5.92 Å². The summed E-state index contributed by atoms with van der Waals surface area (Å²) in [5, 5.41) is 12.5. The van der Waals surface area contributed by atoms with E-state index in [0.717, 1.165) is 17.7 Å². The summed E-state index contributed by atoms with van der Waals surface area (Å²) < 4.78 is 0. The van der Waals surface area contributed by atoms with E-state index in [1.54, 1.807) is 4.90 Å². The average Bonchev–Trinajstić information content (AvgIpc) is 2.46. The summed E-state index contributed by atoms with van der Waals surface area (Å²) >= 11 is 0. The second kappa shape index (κ2) is 6.52. The second-order valence-corrected chi connectivity index (χ2v) is 4.97. The van der Waals surface area contributed by atoms with Gasteiger partial charge in [0.2, 0.25) is 5.91 Å². The SMILES string of the molecule is CCNCCC(=O)N1Cc2ccccc2C(C(=O)O)C1. The third kappa shape index (κ3) is 3.17. The van der Waals surface area contributed by atoms with Gasteiger partial charge in [0.25, 0.3) is 0 Å². The van der Waals surface area contributed by atoms with Crippen molar-refractivity contribution < 1.29 is 14.7 Å². The molecule has 0 aromatic heterocycles. The van der Waals surface area contributed by atoms with Crippen LogP contribution >= 0.6 is 0 Å². The zero-order valence-corrected chi connectivity index (χ0v) is 11.6. The number of aliphatic carboxylic acids is 1. The van der Waals surface area contributed by atoms with Gasteiger partial charge in [-0.15, -0.1) is 0 Å². The maximum Gasteiger partial charge on any atom is 0.312 e. The number of carbonyl (C=O) groups is 2. The summed E-state index contributed by atoms with van der Waals surface area (Å²) in [4.78, 5) is 25.2. The quantitative estimate of drug-likeness (QED) is 0.793. The van der Waals surface area contributed by atoms with Crippen molar-refractivity contribution in [3.8, 4) is 0 Å². The number of carbonyl (C=O) groups excluding carboxylic acids is 1. The highest BCUT2D eigenvalue weighted by Gasteiger charge is 2.31. The average molecular weight is 276 g/mol. The molecule has 1 amide bonds. The summed E-state index contributed by atoms with van der Waals surface area (Å²) in [5.41, 5.74) is 1.76. The van der Waals surface area contributed by atoms with Crippen molar-refractivity contribution in [3.05, 3.63) is 35.4 Å². The Morgan fingerprint density at radius 3 is 2.85 bits per heavy atom. The first-order chi connectivity index (χ1) is 9.63. The summed E-state index contributed by atoms with van der Waals surface area (Å²) in [7, 11) is 0. The monoisotopic (exact) mass is 276 g/mol. The molecular formula is C15H20N2O3. The highest BCUT2D eigenvalue weighted by Crippen LogP contribution is 2.28. The molecule has 1 heterocycles. The van der Waals surface area contributed by atoms with Gasteiger partial charge >= 0.3 is 5.97 Å². The molecule has 0 saturated heterocycles. The lowest BCUT2D eigenvalue weighted by atomic mass is 9.89. The van der Waals surface area contributed by atoms with E-state index >= 15 is 0 Å². The summed E-state index contributed by atoms with van der Waals surface area (Å²) in [6.45, 7) is 4.21. The predicted octanol–water partition coefficient (Wildman–Crippen LogP) is 1.20. The number of rotatable bonds is 5. The summed E-state index contributed by atoms with van der Waals surface area (Å²) in [6.07, 6.45) is 0.405. The van der Waals surface area contributed by atoms with Gasteiger partial charge in [0, 0.05) is 26.1 Å². The lowest BCUT2D eigenvalue weighted by Crippen LogP contribution is -2.41. The number of nitrogens with zero attached hydrogens (tertiary/aromatic N) is 1. The Labute approximate surface area is 118 Å². The number of amides is 1. The molecule has 2 N–H and O–H groups in total. The number of carboxylic acid groups (broad SMARTS) is 1. The van der Waals surface area contributed by atoms with Crippen molar-refractivity contribution in [1.29, 1.82) is 0 Å². The fraction of sp³-hybridized carbons (Fsp3) is 0.467. The minimum atomic E-state index is -0.873. The molecule has 0 spiro atoms. The number of carboxylic acids is 1. The Bertz CT molecular complexity index is 502. The molecule has 0 radical (unpaired) electrons. The molecule has 5 heteroatoms. The highest BCUT2D eigenvalue weighted by atomic mass is 16.4. The van der Waals surface area contributed by atoms with Gasteiger partial charge in [-0.05, 0) is 17.7 Å². The molecule has 1 atom stereocenters. The number of nitrogens with one attached hydrogen (secondary N) is 1. The molecule has 1 aliphatic heterocycles. The van der Waals surface area contributed by atoms with Crippen LogP contribution in [0.2, 0.25) is 0 Å². The Morgan fingerprint density at radius 2 is 2.15 bits per heavy atom. The van der Waals surface area contributed by atoms with E-state index in [1.807, 2.05) is 31.2 Å². The molecule has 0 bridgehead atoms. The van der Waals surface area contributed by atoms with Crippen LogP contribution in [-0.2, 0) is 16.1 Å². The van der Waals surface area contributed by atoms with Crippen LogP contribution in [0.5, 0.6) is 0 Å². The van der Waals surface area contributed by atoms with Crippen LogP contribution in [0.25, 0.3) is 0 Å². The lowest BCUT2D eigenvalue weighted by Gasteiger charge is -2.33. The molecule has 0 aliphatic carbocycles. The first-order valence-electron chi connectivity index (χ1n) is 6.92. The Morgan fingerprint density at radius 1 is 1.40 bits per heavy atom. The standard InChI is InChI=1S/C15H20N2O3/c1-2-16-8-7-14(18)17-9-11-5-3-4-6-12(11)13(10-17)15(19)20/h3-6,13,16H,2,7-10H2,1H3,(H,19,20). The van der Waals surface area contributed by atoms with Gasteiger partial charge in [0.1, 0.15) is 0 Å². The second-order valence-electron chi connectivity index (χ2n) is 4.97. The van der Waals surface area contributed by atoms with Gasteiger partial charge < -0.3 is 15.3 Å². The molecule has 5 nitrogen and oxygen atoms in total. The maximum atomic E-state index is 12.1. The summed E-state index contributed by atoms with van der Waals surface area (Å²) in [5.74, 6) is -1.49. The first kappa shape index (κ1) is 14.5. The van der Waals surface area contributed by atoms with E-state index in [0.29, 0.717) is 19.5 Å². The third-order valence-corrected chi connectivity index (χ3v) is 3.61. The van der Waals surface area contributed by atoms with Crippen molar-refractivity contribution >= 4 is 11.9 Å². The largest absolute Gasteiger partial charge is 0.481 e. The normalized spacial score (nSPS) is 17.6. The minimum Gasteiger partial charge on any atom is -0.481 e. The van der Waals surface area contributed by atoms with Crippen LogP contribution in [0.15, 0.2) is 24.3 Å². The zero-order chi connectivity index (χ0) is 14.5. The molecular weight excluding hydrogens is 256 g/mol. The topological polar surface area (TPSA) is 69.6 Å². The maximum absolute atomic E-state index is 12.1. The van der Waals surface area contributed by atoms with Gasteiger partial charge in [0.15, 0.2) is 0 Å². The van der Waals surface area contributed by atoms with Crippen LogP contribution < -0.4 is 5.32 Å². The number of hydrogen-bond acceptors (Lipinski definition) is 3. The van der Waals surface area contributed by atoms with Gasteiger partial charge in [-0.2, -0.15) is 0 Å². The minimum absolute atomic E-state index is 0.00621. The van der Waals surface area contributed by atoms with E-state index in [9.17, 15) is 14.7 Å². The number of benzene rings is 1. The molecule has 1 aromatic carbocycles. The van der Waals surface area contributed by atoms with Gasteiger partial charge in [-0.3, -0.25) is 9.59 Å². The van der Waals surface area contributed by atoms with Crippen molar-refractivity contribution in [2.24, 2.45) is 0 Å². The number of fused-ring (bicyclic) bond motifs is 1. The molecule has 2 rings (SSSR count). The zero-order valence-electron chi connectivity index (χ0n) is 11.6. The molecule has 0 saturated carbocycles. The van der Waals surface area contributed by atoms with Crippen LogP contribution in [0.3, 0.4) is 0 Å². The summed E-state index contributed by atoms with van der Waals surface area (Å²) in [6, 6.07) is 7.46. The van der Waals surface area contributed by atoms with Gasteiger partial charge in [-0.25, -0.2) is 0 Å². The van der Waals surface area contributed by atoms with Crippen LogP contribution in [0.1, 0.15) is 30.4 Å². The molecule has 1 aliphatic rings. The van der Waals surface area contributed by atoms with Crippen molar-refractivity contribution in [1.82, 2.24) is 10.2 Å². The molecule has 0 fully saturated rings. The van der Waals surface area contributed by atoms with Crippen molar-refractivity contribution in [2.45, 2.75) is 25.8 Å². The third-order valence-electron chi connectivity index (χ3n) is 3.61. The smallest absolute Gasteiger partial charge is 0.312 e. The fourth-order valence-electron chi connectivity index (χ4n) is 2.54. The Balaban J connectivity index is 2.12. The predicted molar refractivity (Wildman–Crippen MR) is 75.4 cm³/mol. The molecule has 1 unspecified atom stereocenters. The van der Waals surface area contributed by atoms with Crippen LogP contribution in [-0.4, -0.2) is 41.5 Å². The fourth-order valence-corrected chi connectivity index (χ4v) is 2.54. The molecule has 108 valence electrons. The van der Waals surface area contributed by atoms with Crippen LogP contribution in [0, 0.1) is 0 Å². The highest BCUT2D eigenvalue weighted by molar-refractivity contribution is 5.81. The Hall–Kier alpha value is -1.88. The first-order valence-corrected chi connectivity index (χ1v) is 6.92. The van der Waals surface area contributed by atoms with E-state index in [-0.39, 0.29) is 12.5 Å². The van der Waals surface area contributed by atoms with E-state index in [1.165, 1.54) is 0 Å². The van der Waals surface area contributed by atoms with E-state index < -0.39 is 11.9 Å². The van der Waals surface area contributed by atoms with Crippen LogP contribution in [0.4, 0.5) is 0 Å². The van der Waals surface area contributed by atoms with E-state index in [4.69, 9.17) is 0 Å². The molecule has 1 aromatic rings. The van der Waals surface area contributed by atoms with Crippen molar-refractivity contribution in [3.63, 3.8) is 0 Å². The van der Waals surface area contributed by atoms with Gasteiger partial charge in [-0.1, -0.05) is 31.2 Å². The number of hydrogen-bond donors (Lipinski definition) is 2. The van der Waals surface area contributed by atoms with Crippen molar-refractivity contribution in [2.75, 3.05) is 19.6 Å². The lowest BCUT2D eigenvalue weighted by molar-refractivity contribution is -0.141. The molecule has 20 heavy (non-hydrogen) atoms. The van der Waals surface area contributed by atoms with E-state index in [2.05, 4.69) is 5.32 Å².